The van der Waals surface area contributed by atoms with E-state index in [4.69, 9.17) is 23.2 Å². The van der Waals surface area contributed by atoms with E-state index in [9.17, 15) is 18.0 Å². The lowest BCUT2D eigenvalue weighted by Gasteiger charge is -2.33. The second kappa shape index (κ2) is 12.7. The fourth-order valence-electron chi connectivity index (χ4n) is 4.10. The maximum Gasteiger partial charge on any atom is 0.264 e. The van der Waals surface area contributed by atoms with Gasteiger partial charge in [0.2, 0.25) is 11.8 Å². The van der Waals surface area contributed by atoms with Crippen molar-refractivity contribution in [2.75, 3.05) is 17.9 Å². The van der Waals surface area contributed by atoms with Gasteiger partial charge in [0.05, 0.1) is 20.6 Å². The van der Waals surface area contributed by atoms with Crippen molar-refractivity contribution >= 4 is 50.7 Å². The average Bonchev–Trinajstić information content (AvgIpc) is 2.88. The van der Waals surface area contributed by atoms with E-state index in [-0.39, 0.29) is 33.1 Å². The Labute approximate surface area is 234 Å². The first kappa shape index (κ1) is 29.5. The number of likely N-dealkylation sites (N-methyl/N-ethyl adjacent to an activating group) is 1. The summed E-state index contributed by atoms with van der Waals surface area (Å²) in [4.78, 5) is 28.1. The molecule has 38 heavy (non-hydrogen) atoms. The van der Waals surface area contributed by atoms with Crippen molar-refractivity contribution in [3.8, 4) is 0 Å². The van der Waals surface area contributed by atoms with E-state index in [1.54, 1.807) is 19.1 Å². The smallest absolute Gasteiger partial charge is 0.264 e. The van der Waals surface area contributed by atoms with Crippen LogP contribution in [0.5, 0.6) is 0 Å². The number of sulfonamides is 1. The van der Waals surface area contributed by atoms with Gasteiger partial charge in [-0.15, -0.1) is 0 Å². The Balaban J connectivity index is 2.09. The predicted molar refractivity (Wildman–Crippen MR) is 152 cm³/mol. The fraction of sp³-hybridized carbons (Fsp3) is 0.286. The third-order valence-corrected chi connectivity index (χ3v) is 8.67. The molecule has 2 amide bonds. The maximum absolute atomic E-state index is 13.9. The number of carbonyl (C=O) groups is 2. The summed E-state index contributed by atoms with van der Waals surface area (Å²) in [5.74, 6) is -0.875. The molecular weight excluding hydrogens is 545 g/mol. The standard InChI is InChI=1S/C28H31Cl2N3O4S/c1-5-26(28(35)31-4)32(17-21-8-6-7-20(3)15-21)27(34)18-33(22-11-14-24(29)25(30)16-22)38(36,37)23-12-9-19(2)10-13-23/h6-16,26H,5,17-18H2,1-4H3,(H,31,35). The molecule has 1 atom stereocenters. The average molecular weight is 577 g/mol. The lowest BCUT2D eigenvalue weighted by molar-refractivity contribution is -0.140. The maximum atomic E-state index is 13.9. The van der Waals surface area contributed by atoms with Crippen LogP contribution in [0.3, 0.4) is 0 Å². The van der Waals surface area contributed by atoms with Crippen LogP contribution in [0.2, 0.25) is 10.0 Å². The van der Waals surface area contributed by atoms with Gasteiger partial charge in [-0.3, -0.25) is 13.9 Å². The van der Waals surface area contributed by atoms with Gasteiger partial charge in [-0.05, 0) is 56.2 Å². The van der Waals surface area contributed by atoms with E-state index in [2.05, 4.69) is 5.32 Å². The van der Waals surface area contributed by atoms with E-state index in [1.165, 1.54) is 42.3 Å². The topological polar surface area (TPSA) is 86.8 Å². The highest BCUT2D eigenvalue weighted by molar-refractivity contribution is 7.92. The quantitative estimate of drug-likeness (QED) is 0.352. The molecule has 0 fully saturated rings. The minimum absolute atomic E-state index is 0.0190. The Morgan fingerprint density at radius 2 is 1.61 bits per heavy atom. The molecule has 0 aliphatic carbocycles. The molecule has 10 heteroatoms. The van der Waals surface area contributed by atoms with Crippen LogP contribution in [0.25, 0.3) is 0 Å². The summed E-state index contributed by atoms with van der Waals surface area (Å²) in [5.41, 5.74) is 2.89. The second-order valence-electron chi connectivity index (χ2n) is 8.97. The highest BCUT2D eigenvalue weighted by atomic mass is 35.5. The van der Waals surface area contributed by atoms with E-state index < -0.39 is 28.5 Å². The number of carbonyl (C=O) groups excluding carboxylic acids is 2. The second-order valence-corrected chi connectivity index (χ2v) is 11.6. The summed E-state index contributed by atoms with van der Waals surface area (Å²) in [6, 6.07) is 17.5. The van der Waals surface area contributed by atoms with Crippen molar-refractivity contribution in [1.82, 2.24) is 10.2 Å². The Hall–Kier alpha value is -3.07. The number of hydrogen-bond acceptors (Lipinski definition) is 4. The van der Waals surface area contributed by atoms with Gasteiger partial charge in [-0.1, -0.05) is 77.7 Å². The zero-order chi connectivity index (χ0) is 28.0. The number of nitrogens with one attached hydrogen (secondary N) is 1. The third kappa shape index (κ3) is 6.87. The molecule has 1 unspecified atom stereocenters. The number of halogens is 2. The van der Waals surface area contributed by atoms with Crippen molar-refractivity contribution in [1.29, 1.82) is 0 Å². The number of nitrogens with zero attached hydrogens (tertiary/aromatic N) is 2. The van der Waals surface area contributed by atoms with Crippen LogP contribution in [-0.2, 0) is 26.2 Å². The molecule has 1 N–H and O–H groups in total. The monoisotopic (exact) mass is 575 g/mol. The number of hydrogen-bond donors (Lipinski definition) is 1. The third-order valence-electron chi connectivity index (χ3n) is 6.15. The van der Waals surface area contributed by atoms with Gasteiger partial charge < -0.3 is 10.2 Å². The molecular formula is C28H31Cl2N3O4S. The lowest BCUT2D eigenvalue weighted by Crippen LogP contribution is -2.51. The van der Waals surface area contributed by atoms with Gasteiger partial charge >= 0.3 is 0 Å². The summed E-state index contributed by atoms with van der Waals surface area (Å²) in [7, 11) is -2.68. The van der Waals surface area contributed by atoms with Gasteiger partial charge in [0.25, 0.3) is 10.0 Å². The molecule has 0 heterocycles. The summed E-state index contributed by atoms with van der Waals surface area (Å²) in [6.07, 6.45) is 0.342. The minimum atomic E-state index is -4.18. The first-order chi connectivity index (χ1) is 18.0. The number of amides is 2. The highest BCUT2D eigenvalue weighted by Crippen LogP contribution is 2.31. The van der Waals surface area contributed by atoms with Crippen molar-refractivity contribution < 1.29 is 18.0 Å². The normalized spacial score (nSPS) is 12.1. The van der Waals surface area contributed by atoms with Gasteiger partial charge in [0.15, 0.2) is 0 Å². The molecule has 0 aliphatic rings. The molecule has 0 bridgehead atoms. The number of anilines is 1. The van der Waals surface area contributed by atoms with Crippen LogP contribution in [-0.4, -0.2) is 44.8 Å². The zero-order valence-corrected chi connectivity index (χ0v) is 24.1. The molecule has 0 aromatic heterocycles. The largest absolute Gasteiger partial charge is 0.357 e. The highest BCUT2D eigenvalue weighted by Gasteiger charge is 2.33. The van der Waals surface area contributed by atoms with Gasteiger partial charge in [0, 0.05) is 13.6 Å². The van der Waals surface area contributed by atoms with Gasteiger partial charge in [-0.25, -0.2) is 8.42 Å². The SMILES string of the molecule is CCC(C(=O)NC)N(Cc1cccc(C)c1)C(=O)CN(c1ccc(Cl)c(Cl)c1)S(=O)(=O)c1ccc(C)cc1. The number of rotatable bonds is 10. The van der Waals surface area contributed by atoms with E-state index in [1.807, 2.05) is 38.1 Å². The Morgan fingerprint density at radius 3 is 2.18 bits per heavy atom. The summed E-state index contributed by atoms with van der Waals surface area (Å²) in [6.45, 7) is 5.17. The molecule has 0 spiro atoms. The van der Waals surface area contributed by atoms with Crippen LogP contribution in [0.4, 0.5) is 5.69 Å². The van der Waals surface area contributed by atoms with Crippen LogP contribution in [0.15, 0.2) is 71.6 Å². The van der Waals surface area contributed by atoms with E-state index >= 15 is 0 Å². The summed E-state index contributed by atoms with van der Waals surface area (Å²) >= 11 is 12.3. The summed E-state index contributed by atoms with van der Waals surface area (Å²) < 4.78 is 28.7. The number of aryl methyl sites for hydroxylation is 2. The van der Waals surface area contributed by atoms with Crippen LogP contribution in [0, 0.1) is 13.8 Å². The van der Waals surface area contributed by atoms with E-state index in [0.717, 1.165) is 21.0 Å². The minimum Gasteiger partial charge on any atom is -0.357 e. The Morgan fingerprint density at radius 1 is 0.921 bits per heavy atom. The molecule has 3 aromatic rings. The Kier molecular flexibility index (Phi) is 9.82. The molecule has 202 valence electrons. The van der Waals surface area contributed by atoms with Crippen molar-refractivity contribution in [2.24, 2.45) is 0 Å². The first-order valence-corrected chi connectivity index (χ1v) is 14.3. The molecule has 0 saturated carbocycles. The van der Waals surface area contributed by atoms with Gasteiger partial charge in [0.1, 0.15) is 12.6 Å². The van der Waals surface area contributed by atoms with E-state index in [0.29, 0.717) is 6.42 Å². The molecule has 0 aliphatic heterocycles. The lowest BCUT2D eigenvalue weighted by atomic mass is 10.1. The van der Waals surface area contributed by atoms with Crippen molar-refractivity contribution in [3.63, 3.8) is 0 Å². The van der Waals surface area contributed by atoms with Crippen LogP contribution >= 0.6 is 23.2 Å². The van der Waals surface area contributed by atoms with Crippen molar-refractivity contribution in [2.45, 2.75) is 44.7 Å². The molecule has 3 aromatic carbocycles. The number of benzene rings is 3. The molecule has 3 rings (SSSR count). The zero-order valence-electron chi connectivity index (χ0n) is 21.7. The van der Waals surface area contributed by atoms with Crippen molar-refractivity contribution in [3.05, 3.63) is 93.5 Å². The molecule has 0 saturated heterocycles. The molecule has 0 radical (unpaired) electrons. The molecule has 7 nitrogen and oxygen atoms in total. The van der Waals surface area contributed by atoms with Crippen LogP contribution in [0.1, 0.15) is 30.0 Å². The fourth-order valence-corrected chi connectivity index (χ4v) is 5.80. The first-order valence-electron chi connectivity index (χ1n) is 12.1. The summed E-state index contributed by atoms with van der Waals surface area (Å²) in [5, 5.41) is 3.01. The predicted octanol–water partition coefficient (Wildman–Crippen LogP) is 5.36. The Bertz CT molecular complexity index is 1410. The van der Waals surface area contributed by atoms with Gasteiger partial charge in [-0.2, -0.15) is 0 Å². The van der Waals surface area contributed by atoms with Crippen LogP contribution < -0.4 is 9.62 Å².